The molecule has 3 aromatic rings. The summed E-state index contributed by atoms with van der Waals surface area (Å²) in [6, 6.07) is 13.2. The van der Waals surface area contributed by atoms with Gasteiger partial charge < -0.3 is 10.6 Å². The van der Waals surface area contributed by atoms with Gasteiger partial charge in [0, 0.05) is 23.5 Å². The topological polar surface area (TPSA) is 66.9 Å². The summed E-state index contributed by atoms with van der Waals surface area (Å²) in [4.78, 5) is 20.7. The van der Waals surface area contributed by atoms with Gasteiger partial charge in [-0.2, -0.15) is 0 Å². The van der Waals surface area contributed by atoms with E-state index in [1.807, 2.05) is 19.1 Å². The maximum atomic E-state index is 12.9. The van der Waals surface area contributed by atoms with Gasteiger partial charge in [-0.05, 0) is 54.8 Å². The highest BCUT2D eigenvalue weighted by Crippen LogP contribution is 2.24. The number of carbonyl (C=O) groups excluding carboxylic acids is 1. The SMILES string of the molecule is Cc1c(Cl)cccc1Nc1nccc(C(=O)NCCc2ccc(F)cc2)n1. The summed E-state index contributed by atoms with van der Waals surface area (Å²) in [5, 5.41) is 6.51. The van der Waals surface area contributed by atoms with Crippen LogP contribution in [0.15, 0.2) is 54.7 Å². The van der Waals surface area contributed by atoms with Crippen molar-refractivity contribution < 1.29 is 9.18 Å². The van der Waals surface area contributed by atoms with E-state index in [-0.39, 0.29) is 17.4 Å². The first kappa shape index (κ1) is 18.8. The maximum Gasteiger partial charge on any atom is 0.270 e. The van der Waals surface area contributed by atoms with E-state index >= 15 is 0 Å². The van der Waals surface area contributed by atoms with E-state index in [0.29, 0.717) is 23.9 Å². The van der Waals surface area contributed by atoms with Gasteiger partial charge in [0.15, 0.2) is 0 Å². The highest BCUT2D eigenvalue weighted by molar-refractivity contribution is 6.31. The molecule has 27 heavy (non-hydrogen) atoms. The minimum Gasteiger partial charge on any atom is -0.350 e. The van der Waals surface area contributed by atoms with Crippen LogP contribution >= 0.6 is 11.6 Å². The summed E-state index contributed by atoms with van der Waals surface area (Å²) in [5.74, 6) is -0.268. The van der Waals surface area contributed by atoms with Crippen LogP contribution in [0.25, 0.3) is 0 Å². The molecule has 7 heteroatoms. The Hall–Kier alpha value is -2.99. The lowest BCUT2D eigenvalue weighted by Crippen LogP contribution is -2.26. The molecule has 138 valence electrons. The van der Waals surface area contributed by atoms with Gasteiger partial charge in [0.05, 0.1) is 0 Å². The van der Waals surface area contributed by atoms with Crippen molar-refractivity contribution >= 4 is 29.1 Å². The van der Waals surface area contributed by atoms with Gasteiger partial charge >= 0.3 is 0 Å². The molecule has 0 atom stereocenters. The lowest BCUT2D eigenvalue weighted by atomic mass is 10.1. The molecule has 0 spiro atoms. The van der Waals surface area contributed by atoms with E-state index in [0.717, 1.165) is 16.8 Å². The number of amides is 1. The van der Waals surface area contributed by atoms with Gasteiger partial charge in [-0.25, -0.2) is 14.4 Å². The molecule has 0 saturated carbocycles. The minimum absolute atomic E-state index is 0.256. The molecule has 2 N–H and O–H groups in total. The zero-order valence-electron chi connectivity index (χ0n) is 14.7. The quantitative estimate of drug-likeness (QED) is 0.665. The van der Waals surface area contributed by atoms with Crippen molar-refractivity contribution in [1.82, 2.24) is 15.3 Å². The molecule has 3 rings (SSSR count). The van der Waals surface area contributed by atoms with Crippen LogP contribution in [0.3, 0.4) is 0 Å². The van der Waals surface area contributed by atoms with E-state index < -0.39 is 0 Å². The number of rotatable bonds is 6. The first-order valence-corrected chi connectivity index (χ1v) is 8.78. The Morgan fingerprint density at radius 2 is 1.93 bits per heavy atom. The van der Waals surface area contributed by atoms with E-state index in [1.165, 1.54) is 18.3 Å². The second-order valence-corrected chi connectivity index (χ2v) is 6.34. The summed E-state index contributed by atoms with van der Waals surface area (Å²) in [7, 11) is 0. The fraction of sp³-hybridized carbons (Fsp3) is 0.150. The number of nitrogens with one attached hydrogen (secondary N) is 2. The summed E-state index contributed by atoms with van der Waals surface area (Å²) < 4.78 is 12.9. The van der Waals surface area contributed by atoms with Gasteiger partial charge in [-0.3, -0.25) is 4.79 Å². The second kappa shape index (κ2) is 8.60. The third kappa shape index (κ3) is 5.01. The predicted molar refractivity (Wildman–Crippen MR) is 104 cm³/mol. The molecule has 1 heterocycles. The molecule has 0 radical (unpaired) electrons. The summed E-state index contributed by atoms with van der Waals surface area (Å²) in [6.45, 7) is 2.31. The standard InChI is InChI=1S/C20H18ClFN4O/c1-13-16(21)3-2-4-17(13)25-20-24-12-10-18(26-20)19(27)23-11-9-14-5-7-15(22)8-6-14/h2-8,10,12H,9,11H2,1H3,(H,23,27)(H,24,25,26). The Morgan fingerprint density at radius 3 is 2.70 bits per heavy atom. The largest absolute Gasteiger partial charge is 0.350 e. The average molecular weight is 385 g/mol. The van der Waals surface area contributed by atoms with Crippen LogP contribution in [0.1, 0.15) is 21.6 Å². The number of aromatic nitrogens is 2. The van der Waals surface area contributed by atoms with Crippen LogP contribution in [0.4, 0.5) is 16.0 Å². The lowest BCUT2D eigenvalue weighted by Gasteiger charge is -2.10. The molecular formula is C20H18ClFN4O. The molecule has 0 aliphatic rings. The molecule has 1 amide bonds. The van der Waals surface area contributed by atoms with Crippen LogP contribution in [0.5, 0.6) is 0 Å². The molecule has 0 aliphatic heterocycles. The fourth-order valence-corrected chi connectivity index (χ4v) is 2.65. The first-order valence-electron chi connectivity index (χ1n) is 8.41. The zero-order valence-corrected chi connectivity index (χ0v) is 15.4. The van der Waals surface area contributed by atoms with Crippen LogP contribution in [0.2, 0.25) is 5.02 Å². The minimum atomic E-state index is -0.301. The number of benzene rings is 2. The molecule has 0 aliphatic carbocycles. The van der Waals surface area contributed by atoms with Crippen LogP contribution < -0.4 is 10.6 Å². The molecule has 0 unspecified atom stereocenters. The van der Waals surface area contributed by atoms with Gasteiger partial charge in [-0.15, -0.1) is 0 Å². The molecule has 0 saturated heterocycles. The number of carbonyl (C=O) groups is 1. The highest BCUT2D eigenvalue weighted by atomic mass is 35.5. The van der Waals surface area contributed by atoms with E-state index in [2.05, 4.69) is 20.6 Å². The van der Waals surface area contributed by atoms with Crippen LogP contribution in [-0.4, -0.2) is 22.4 Å². The van der Waals surface area contributed by atoms with Gasteiger partial charge in [-0.1, -0.05) is 29.8 Å². The first-order chi connectivity index (χ1) is 13.0. The average Bonchev–Trinajstić information content (AvgIpc) is 2.67. The van der Waals surface area contributed by atoms with E-state index in [4.69, 9.17) is 11.6 Å². The van der Waals surface area contributed by atoms with Crippen molar-refractivity contribution in [1.29, 1.82) is 0 Å². The van der Waals surface area contributed by atoms with Gasteiger partial charge in [0.1, 0.15) is 11.5 Å². The van der Waals surface area contributed by atoms with Crippen molar-refractivity contribution in [3.05, 3.63) is 82.4 Å². The van der Waals surface area contributed by atoms with E-state index in [9.17, 15) is 9.18 Å². The molecule has 0 fully saturated rings. The number of hydrogen-bond donors (Lipinski definition) is 2. The molecule has 2 aromatic carbocycles. The normalized spacial score (nSPS) is 10.5. The third-order valence-corrected chi connectivity index (χ3v) is 4.42. The van der Waals surface area contributed by atoms with E-state index in [1.54, 1.807) is 24.3 Å². The molecule has 1 aromatic heterocycles. The Labute approximate surface area is 161 Å². The Balaban J connectivity index is 1.61. The van der Waals surface area contributed by atoms with Crippen molar-refractivity contribution in [3.63, 3.8) is 0 Å². The van der Waals surface area contributed by atoms with Crippen molar-refractivity contribution in [3.8, 4) is 0 Å². The molecule has 5 nitrogen and oxygen atoms in total. The summed E-state index contributed by atoms with van der Waals surface area (Å²) >= 11 is 6.11. The van der Waals surface area contributed by atoms with Crippen LogP contribution in [-0.2, 0) is 6.42 Å². The fourth-order valence-electron chi connectivity index (χ4n) is 2.47. The third-order valence-electron chi connectivity index (χ3n) is 4.01. The Morgan fingerprint density at radius 1 is 1.15 bits per heavy atom. The number of anilines is 2. The number of nitrogens with zero attached hydrogens (tertiary/aromatic N) is 2. The number of hydrogen-bond acceptors (Lipinski definition) is 4. The summed E-state index contributed by atoms with van der Waals surface area (Å²) in [6.07, 6.45) is 2.12. The van der Waals surface area contributed by atoms with Gasteiger partial charge in [0.2, 0.25) is 5.95 Å². The second-order valence-electron chi connectivity index (χ2n) is 5.94. The van der Waals surface area contributed by atoms with Crippen LogP contribution in [0, 0.1) is 12.7 Å². The van der Waals surface area contributed by atoms with Crippen molar-refractivity contribution in [2.75, 3.05) is 11.9 Å². The Bertz CT molecular complexity index is 947. The summed E-state index contributed by atoms with van der Waals surface area (Å²) in [5.41, 5.74) is 2.85. The lowest BCUT2D eigenvalue weighted by molar-refractivity contribution is 0.0949. The highest BCUT2D eigenvalue weighted by Gasteiger charge is 2.10. The monoisotopic (exact) mass is 384 g/mol. The van der Waals surface area contributed by atoms with Crippen molar-refractivity contribution in [2.45, 2.75) is 13.3 Å². The molecular weight excluding hydrogens is 367 g/mol. The zero-order chi connectivity index (χ0) is 19.2. The molecule has 0 bridgehead atoms. The van der Waals surface area contributed by atoms with Gasteiger partial charge in [0.25, 0.3) is 5.91 Å². The smallest absolute Gasteiger partial charge is 0.270 e. The number of halogens is 2. The predicted octanol–water partition coefficient (Wildman–Crippen LogP) is 4.29. The maximum absolute atomic E-state index is 12.9. The van der Waals surface area contributed by atoms with Crippen molar-refractivity contribution in [2.24, 2.45) is 0 Å². The Kier molecular flexibility index (Phi) is 5.98.